The van der Waals surface area contributed by atoms with Crippen LogP contribution >= 0.6 is 23.2 Å². The quantitative estimate of drug-likeness (QED) is 0.185. The summed E-state index contributed by atoms with van der Waals surface area (Å²) in [7, 11) is 0. The van der Waals surface area contributed by atoms with Crippen LogP contribution in [0.1, 0.15) is 84.0 Å². The van der Waals surface area contributed by atoms with E-state index in [2.05, 4.69) is 6.92 Å². The lowest BCUT2D eigenvalue weighted by atomic mass is 10.0. The molecule has 3 atom stereocenters. The molecule has 4 nitrogen and oxygen atoms in total. The number of rotatable bonds is 17. The minimum Gasteiger partial charge on any atom is -0.387 e. The van der Waals surface area contributed by atoms with Crippen LogP contribution in [0.4, 0.5) is 0 Å². The fourth-order valence-corrected chi connectivity index (χ4v) is 3.05. The van der Waals surface area contributed by atoms with Crippen LogP contribution in [0.5, 0.6) is 0 Å². The number of hydrogen-bond donors (Lipinski definition) is 3. The van der Waals surface area contributed by atoms with Crippen molar-refractivity contribution in [2.24, 2.45) is 5.73 Å². The van der Waals surface area contributed by atoms with Crippen molar-refractivity contribution < 1.29 is 15.0 Å². The van der Waals surface area contributed by atoms with E-state index in [0.29, 0.717) is 0 Å². The van der Waals surface area contributed by atoms with E-state index in [0.717, 1.165) is 12.8 Å². The molecule has 0 radical (unpaired) electrons. The molecule has 0 aromatic carbocycles. The van der Waals surface area contributed by atoms with Gasteiger partial charge in [-0.05, 0) is 12.8 Å². The van der Waals surface area contributed by atoms with Crippen molar-refractivity contribution in [1.82, 2.24) is 0 Å². The molecule has 0 aliphatic heterocycles. The summed E-state index contributed by atoms with van der Waals surface area (Å²) in [6.45, 7) is 2.24. The lowest BCUT2D eigenvalue weighted by Gasteiger charge is -2.21. The highest BCUT2D eigenvalue weighted by molar-refractivity contribution is 6.54. The van der Waals surface area contributed by atoms with Gasteiger partial charge in [0.1, 0.15) is 6.10 Å². The standard InChI is InChI=1S/C20H37Cl2NO3/c1-2-3-4-5-6-7-8-9-10-11-12-13-14-15-16(24)17(23)18(25)19(26)20(21)22/h14-18,20,24-25H,2-13,23H2,1H3/b15-14+/t16-,17+,18?/m1/s1. The lowest BCUT2D eigenvalue weighted by Crippen LogP contribution is -2.49. The molecule has 6 heteroatoms. The second-order valence-electron chi connectivity index (χ2n) is 6.97. The highest BCUT2D eigenvalue weighted by Crippen LogP contribution is 2.13. The molecular formula is C20H37Cl2NO3. The number of unbranched alkanes of at least 4 members (excludes halogenated alkanes) is 11. The smallest absolute Gasteiger partial charge is 0.195 e. The second-order valence-corrected chi connectivity index (χ2v) is 8.06. The van der Waals surface area contributed by atoms with E-state index < -0.39 is 28.9 Å². The maximum atomic E-state index is 11.4. The van der Waals surface area contributed by atoms with Crippen molar-refractivity contribution in [3.63, 3.8) is 0 Å². The summed E-state index contributed by atoms with van der Waals surface area (Å²) in [6, 6.07) is -1.13. The predicted molar refractivity (Wildman–Crippen MR) is 111 cm³/mol. The van der Waals surface area contributed by atoms with Crippen LogP contribution in [0.15, 0.2) is 12.2 Å². The molecule has 0 aromatic heterocycles. The van der Waals surface area contributed by atoms with Gasteiger partial charge in [0.15, 0.2) is 10.6 Å². The van der Waals surface area contributed by atoms with Crippen molar-refractivity contribution >= 4 is 29.0 Å². The number of aliphatic hydroxyl groups excluding tert-OH is 2. The van der Waals surface area contributed by atoms with Crippen molar-refractivity contribution in [3.05, 3.63) is 12.2 Å². The predicted octanol–water partition coefficient (Wildman–Crippen LogP) is 4.67. The molecule has 0 amide bonds. The monoisotopic (exact) mass is 409 g/mol. The summed E-state index contributed by atoms with van der Waals surface area (Å²) in [5.41, 5.74) is 5.66. The number of aliphatic hydroxyl groups is 2. The van der Waals surface area contributed by atoms with Gasteiger partial charge in [-0.25, -0.2) is 0 Å². The Morgan fingerprint density at radius 2 is 1.38 bits per heavy atom. The van der Waals surface area contributed by atoms with Gasteiger partial charge in [0.2, 0.25) is 0 Å². The molecule has 0 saturated heterocycles. The average Bonchev–Trinajstić information content (AvgIpc) is 2.63. The highest BCUT2D eigenvalue weighted by atomic mass is 35.5. The molecule has 0 fully saturated rings. The lowest BCUT2D eigenvalue weighted by molar-refractivity contribution is -0.127. The molecule has 0 spiro atoms. The Morgan fingerprint density at radius 3 is 1.85 bits per heavy atom. The van der Waals surface area contributed by atoms with Gasteiger partial charge in [-0.1, -0.05) is 106 Å². The van der Waals surface area contributed by atoms with Crippen molar-refractivity contribution in [2.75, 3.05) is 0 Å². The van der Waals surface area contributed by atoms with Gasteiger partial charge in [0.05, 0.1) is 12.1 Å². The Labute approximate surface area is 169 Å². The van der Waals surface area contributed by atoms with Gasteiger partial charge < -0.3 is 15.9 Å². The van der Waals surface area contributed by atoms with E-state index in [1.54, 1.807) is 0 Å². The van der Waals surface area contributed by atoms with E-state index in [-0.39, 0.29) is 0 Å². The number of ketones is 1. The third-order valence-corrected chi connectivity index (χ3v) is 5.00. The zero-order valence-corrected chi connectivity index (χ0v) is 17.6. The largest absolute Gasteiger partial charge is 0.387 e. The number of Topliss-reactive ketones (excluding diaryl/α,β-unsaturated/α-hetero) is 1. The molecule has 154 valence electrons. The fourth-order valence-electron chi connectivity index (χ4n) is 2.80. The van der Waals surface area contributed by atoms with E-state index >= 15 is 0 Å². The molecule has 1 unspecified atom stereocenters. The highest BCUT2D eigenvalue weighted by Gasteiger charge is 2.30. The maximum absolute atomic E-state index is 11.4. The molecule has 0 rings (SSSR count). The Hall–Kier alpha value is -0.130. The van der Waals surface area contributed by atoms with Gasteiger partial charge in [-0.15, -0.1) is 0 Å². The molecule has 0 saturated carbocycles. The van der Waals surface area contributed by atoms with Crippen molar-refractivity contribution in [3.8, 4) is 0 Å². The number of nitrogens with two attached hydrogens (primary N) is 1. The van der Waals surface area contributed by atoms with E-state index in [9.17, 15) is 15.0 Å². The number of halogens is 2. The van der Waals surface area contributed by atoms with E-state index in [1.165, 1.54) is 70.3 Å². The number of carbonyl (C=O) groups is 1. The Balaban J connectivity index is 3.64. The molecule has 0 heterocycles. The van der Waals surface area contributed by atoms with Crippen LogP contribution in [-0.2, 0) is 4.79 Å². The number of allylic oxidation sites excluding steroid dienone is 1. The zero-order valence-electron chi connectivity index (χ0n) is 16.1. The van der Waals surface area contributed by atoms with Crippen LogP contribution in [-0.4, -0.2) is 39.1 Å². The van der Waals surface area contributed by atoms with Crippen LogP contribution in [0.2, 0.25) is 0 Å². The SMILES string of the molecule is CCCCCCCCCCCCC/C=C/[C@@H](O)[C@H](N)C(O)C(=O)C(Cl)Cl. The summed E-state index contributed by atoms with van der Waals surface area (Å²) < 4.78 is 0. The normalized spacial score (nSPS) is 15.5. The first-order valence-electron chi connectivity index (χ1n) is 10.0. The zero-order chi connectivity index (χ0) is 19.8. The van der Waals surface area contributed by atoms with Gasteiger partial charge in [-0.2, -0.15) is 0 Å². The minimum atomic E-state index is -1.57. The second kappa shape index (κ2) is 17.0. The molecule has 26 heavy (non-hydrogen) atoms. The third kappa shape index (κ3) is 13.1. The number of carbonyl (C=O) groups excluding carboxylic acids is 1. The summed E-state index contributed by atoms with van der Waals surface area (Å²) in [5.74, 6) is -0.793. The Kier molecular flexibility index (Phi) is 16.9. The van der Waals surface area contributed by atoms with Crippen LogP contribution < -0.4 is 5.73 Å². The third-order valence-electron chi connectivity index (χ3n) is 4.57. The first-order chi connectivity index (χ1) is 12.4. The van der Waals surface area contributed by atoms with Crippen molar-refractivity contribution in [2.45, 2.75) is 107 Å². The van der Waals surface area contributed by atoms with Crippen molar-refractivity contribution in [1.29, 1.82) is 0 Å². The molecule has 0 bridgehead atoms. The van der Waals surface area contributed by atoms with E-state index in [4.69, 9.17) is 28.9 Å². The first kappa shape index (κ1) is 25.9. The van der Waals surface area contributed by atoms with Gasteiger partial charge in [0.25, 0.3) is 0 Å². The molecular weight excluding hydrogens is 373 g/mol. The van der Waals surface area contributed by atoms with Crippen LogP contribution in [0, 0.1) is 0 Å². The Morgan fingerprint density at radius 1 is 0.923 bits per heavy atom. The molecule has 4 N–H and O–H groups in total. The summed E-state index contributed by atoms with van der Waals surface area (Å²) in [6.07, 6.45) is 15.7. The minimum absolute atomic E-state index is 0.793. The number of alkyl halides is 2. The molecule has 0 aliphatic carbocycles. The Bertz CT molecular complexity index is 378. The average molecular weight is 410 g/mol. The van der Waals surface area contributed by atoms with Crippen LogP contribution in [0.3, 0.4) is 0 Å². The molecule has 0 aromatic rings. The first-order valence-corrected chi connectivity index (χ1v) is 10.9. The van der Waals surface area contributed by atoms with Gasteiger partial charge in [-0.3, -0.25) is 4.79 Å². The van der Waals surface area contributed by atoms with Gasteiger partial charge >= 0.3 is 0 Å². The summed E-state index contributed by atoms with van der Waals surface area (Å²) in [5, 5.41) is 19.6. The fraction of sp³-hybridized carbons (Fsp3) is 0.850. The summed E-state index contributed by atoms with van der Waals surface area (Å²) in [4.78, 5) is 10.1. The molecule has 0 aliphatic rings. The van der Waals surface area contributed by atoms with Crippen LogP contribution in [0.25, 0.3) is 0 Å². The maximum Gasteiger partial charge on any atom is 0.195 e. The topological polar surface area (TPSA) is 83.6 Å². The summed E-state index contributed by atoms with van der Waals surface area (Å²) >= 11 is 10.8. The number of hydrogen-bond acceptors (Lipinski definition) is 4. The van der Waals surface area contributed by atoms with E-state index in [1.807, 2.05) is 6.08 Å². The van der Waals surface area contributed by atoms with Gasteiger partial charge in [0, 0.05) is 0 Å².